The molecule has 25 heavy (non-hydrogen) atoms. The van der Waals surface area contributed by atoms with Crippen LogP contribution in [0.1, 0.15) is 18.5 Å². The molecule has 2 aromatic rings. The number of pyridine rings is 1. The number of carbonyl (C=O) groups excluding carboxylic acids is 1. The maximum Gasteiger partial charge on any atom is 0.254 e. The number of aromatic nitrogens is 4. The van der Waals surface area contributed by atoms with Gasteiger partial charge in [0.25, 0.3) is 5.91 Å². The number of carbonyl (C=O) groups is 1. The van der Waals surface area contributed by atoms with Crippen LogP contribution in [0, 0.1) is 0 Å². The lowest BCUT2D eigenvalue weighted by atomic mass is 9.95. The Kier molecular flexibility index (Phi) is 3.96. The van der Waals surface area contributed by atoms with E-state index < -0.39 is 0 Å². The molecule has 8 heteroatoms. The summed E-state index contributed by atoms with van der Waals surface area (Å²) in [6, 6.07) is 3.53. The average Bonchev–Trinajstić information content (AvgIpc) is 3.09. The maximum atomic E-state index is 13.3. The van der Waals surface area contributed by atoms with Gasteiger partial charge in [-0.2, -0.15) is 10.1 Å². The van der Waals surface area contributed by atoms with Crippen LogP contribution in [0.25, 0.3) is 0 Å². The van der Waals surface area contributed by atoms with Crippen molar-refractivity contribution >= 4 is 11.9 Å². The van der Waals surface area contributed by atoms with E-state index in [4.69, 9.17) is 0 Å². The van der Waals surface area contributed by atoms with E-state index in [2.05, 4.69) is 32.3 Å². The molecule has 8 nitrogen and oxygen atoms in total. The molecule has 0 aliphatic carbocycles. The molecule has 2 aliphatic rings. The SMILES string of the molecule is CC1=C(C(=O)N2CCN(C)CC2)[C@@H](c2cccnc2)n2ncnc2N1. The largest absolute Gasteiger partial charge is 0.336 e. The smallest absolute Gasteiger partial charge is 0.254 e. The first-order valence-corrected chi connectivity index (χ1v) is 8.40. The summed E-state index contributed by atoms with van der Waals surface area (Å²) in [6.07, 6.45) is 5.01. The number of nitrogens with zero attached hydrogens (tertiary/aromatic N) is 6. The van der Waals surface area contributed by atoms with Gasteiger partial charge in [-0.3, -0.25) is 9.78 Å². The summed E-state index contributed by atoms with van der Waals surface area (Å²) in [5.74, 6) is 0.689. The van der Waals surface area contributed by atoms with E-state index in [0.29, 0.717) is 11.5 Å². The molecule has 1 N–H and O–H groups in total. The number of likely N-dealkylation sites (N-methyl/N-ethyl adjacent to an activating group) is 1. The van der Waals surface area contributed by atoms with Crippen LogP contribution in [0.15, 0.2) is 42.1 Å². The van der Waals surface area contributed by atoms with Crippen LogP contribution in [0.2, 0.25) is 0 Å². The van der Waals surface area contributed by atoms with E-state index in [1.165, 1.54) is 6.33 Å². The Labute approximate surface area is 146 Å². The van der Waals surface area contributed by atoms with Crippen LogP contribution in [0.5, 0.6) is 0 Å². The van der Waals surface area contributed by atoms with E-state index in [-0.39, 0.29) is 11.9 Å². The second-order valence-corrected chi connectivity index (χ2v) is 6.48. The first kappa shape index (κ1) is 15.8. The molecule has 1 atom stereocenters. The highest BCUT2D eigenvalue weighted by atomic mass is 16.2. The van der Waals surface area contributed by atoms with E-state index in [0.717, 1.165) is 37.4 Å². The van der Waals surface area contributed by atoms with Gasteiger partial charge in [-0.05, 0) is 25.6 Å². The van der Waals surface area contributed by atoms with Crippen LogP contribution < -0.4 is 5.32 Å². The molecule has 2 aromatic heterocycles. The molecule has 0 spiro atoms. The van der Waals surface area contributed by atoms with Gasteiger partial charge in [0, 0.05) is 44.3 Å². The van der Waals surface area contributed by atoms with Crippen LogP contribution in [0.4, 0.5) is 5.95 Å². The Morgan fingerprint density at radius 2 is 2.08 bits per heavy atom. The van der Waals surface area contributed by atoms with Gasteiger partial charge in [0.2, 0.25) is 5.95 Å². The fraction of sp³-hybridized carbons (Fsp3) is 0.412. The summed E-state index contributed by atoms with van der Waals surface area (Å²) in [6.45, 7) is 5.16. The first-order chi connectivity index (χ1) is 12.1. The molecule has 0 unspecified atom stereocenters. The van der Waals surface area contributed by atoms with E-state index >= 15 is 0 Å². The van der Waals surface area contributed by atoms with Gasteiger partial charge < -0.3 is 15.1 Å². The number of hydrogen-bond acceptors (Lipinski definition) is 6. The lowest BCUT2D eigenvalue weighted by Crippen LogP contribution is -2.49. The maximum absolute atomic E-state index is 13.3. The zero-order valence-electron chi connectivity index (χ0n) is 14.4. The summed E-state index contributed by atoms with van der Waals surface area (Å²) < 4.78 is 1.76. The third-order valence-electron chi connectivity index (χ3n) is 4.82. The van der Waals surface area contributed by atoms with Crippen molar-refractivity contribution in [3.63, 3.8) is 0 Å². The lowest BCUT2D eigenvalue weighted by molar-refractivity contribution is -0.129. The highest BCUT2D eigenvalue weighted by Gasteiger charge is 2.36. The van der Waals surface area contributed by atoms with Gasteiger partial charge in [-0.25, -0.2) is 4.68 Å². The number of nitrogens with one attached hydrogen (secondary N) is 1. The molecular weight excluding hydrogens is 318 g/mol. The summed E-state index contributed by atoms with van der Waals surface area (Å²) in [7, 11) is 2.08. The fourth-order valence-electron chi connectivity index (χ4n) is 3.39. The van der Waals surface area contributed by atoms with E-state index in [9.17, 15) is 4.79 Å². The van der Waals surface area contributed by atoms with Gasteiger partial charge in [0.05, 0.1) is 5.57 Å². The van der Waals surface area contributed by atoms with Crippen LogP contribution in [0.3, 0.4) is 0 Å². The van der Waals surface area contributed by atoms with Gasteiger partial charge in [-0.1, -0.05) is 6.07 Å². The second kappa shape index (κ2) is 6.29. The summed E-state index contributed by atoms with van der Waals surface area (Å²) in [5, 5.41) is 7.55. The van der Waals surface area contributed by atoms with Crippen molar-refractivity contribution in [3.05, 3.63) is 47.7 Å². The second-order valence-electron chi connectivity index (χ2n) is 6.48. The van der Waals surface area contributed by atoms with Crippen LogP contribution in [-0.4, -0.2) is 68.7 Å². The average molecular weight is 339 g/mol. The highest BCUT2D eigenvalue weighted by molar-refractivity contribution is 5.96. The van der Waals surface area contributed by atoms with Crippen molar-refractivity contribution in [2.75, 3.05) is 38.5 Å². The van der Waals surface area contributed by atoms with Crippen molar-refractivity contribution in [2.45, 2.75) is 13.0 Å². The summed E-state index contributed by atoms with van der Waals surface area (Å²) >= 11 is 0. The number of piperazine rings is 1. The van der Waals surface area contributed by atoms with E-state index in [1.807, 2.05) is 24.0 Å². The molecule has 0 aromatic carbocycles. The standard InChI is InChI=1S/C17H21N7O/c1-12-14(16(25)23-8-6-22(2)7-9-23)15(13-4-3-5-18-10-13)24-17(21-12)19-11-20-24/h3-5,10-11,15H,6-9H2,1-2H3,(H,19,20,21)/t15-/m1/s1. The molecule has 2 aliphatic heterocycles. The van der Waals surface area contributed by atoms with E-state index in [1.54, 1.807) is 17.1 Å². The van der Waals surface area contributed by atoms with Crippen molar-refractivity contribution in [1.29, 1.82) is 0 Å². The summed E-state index contributed by atoms with van der Waals surface area (Å²) in [5.41, 5.74) is 2.45. The number of rotatable bonds is 2. The Hall–Kier alpha value is -2.74. The number of fused-ring (bicyclic) bond motifs is 1. The normalized spacial score (nSPS) is 21.0. The zero-order valence-corrected chi connectivity index (χ0v) is 14.4. The quantitative estimate of drug-likeness (QED) is 0.869. The number of amides is 1. The third kappa shape index (κ3) is 2.78. The van der Waals surface area contributed by atoms with Crippen molar-refractivity contribution in [2.24, 2.45) is 0 Å². The Morgan fingerprint density at radius 3 is 2.80 bits per heavy atom. The van der Waals surface area contributed by atoms with Gasteiger partial charge in [0.1, 0.15) is 12.4 Å². The third-order valence-corrected chi connectivity index (χ3v) is 4.82. The molecule has 1 saturated heterocycles. The number of allylic oxidation sites excluding steroid dienone is 1. The molecule has 0 bridgehead atoms. The first-order valence-electron chi connectivity index (χ1n) is 8.40. The lowest BCUT2D eigenvalue weighted by Gasteiger charge is -2.36. The fourth-order valence-corrected chi connectivity index (χ4v) is 3.39. The van der Waals surface area contributed by atoms with Gasteiger partial charge in [0.15, 0.2) is 0 Å². The molecule has 130 valence electrons. The molecule has 1 fully saturated rings. The Balaban J connectivity index is 1.74. The van der Waals surface area contributed by atoms with Gasteiger partial charge >= 0.3 is 0 Å². The van der Waals surface area contributed by atoms with Crippen LogP contribution >= 0.6 is 0 Å². The van der Waals surface area contributed by atoms with Crippen LogP contribution in [-0.2, 0) is 4.79 Å². The minimum atomic E-state index is -0.320. The zero-order chi connectivity index (χ0) is 17.4. The van der Waals surface area contributed by atoms with Crippen molar-refractivity contribution in [1.82, 2.24) is 29.5 Å². The predicted molar refractivity (Wildman–Crippen MR) is 92.8 cm³/mol. The minimum Gasteiger partial charge on any atom is -0.336 e. The molecule has 4 heterocycles. The summed E-state index contributed by atoms with van der Waals surface area (Å²) in [4.78, 5) is 25.9. The highest BCUT2D eigenvalue weighted by Crippen LogP contribution is 2.35. The van der Waals surface area contributed by atoms with Gasteiger partial charge in [-0.15, -0.1) is 0 Å². The number of anilines is 1. The monoisotopic (exact) mass is 339 g/mol. The molecule has 4 rings (SSSR count). The molecular formula is C17H21N7O. The topological polar surface area (TPSA) is 79.2 Å². The Morgan fingerprint density at radius 1 is 1.28 bits per heavy atom. The molecule has 1 amide bonds. The van der Waals surface area contributed by atoms with Crippen molar-refractivity contribution < 1.29 is 4.79 Å². The van der Waals surface area contributed by atoms with Crippen molar-refractivity contribution in [3.8, 4) is 0 Å². The number of hydrogen-bond donors (Lipinski definition) is 1. The molecule has 0 saturated carbocycles. The Bertz CT molecular complexity index is 805. The predicted octanol–water partition coefficient (Wildman–Crippen LogP) is 0.736. The minimum absolute atomic E-state index is 0.0492. The molecule has 0 radical (unpaired) electrons.